The first-order valence-corrected chi connectivity index (χ1v) is 12.7. The van der Waals surface area contributed by atoms with E-state index in [2.05, 4.69) is 34.1 Å². The lowest BCUT2D eigenvalue weighted by molar-refractivity contribution is -0.156. The number of pyridine rings is 1. The minimum absolute atomic E-state index is 0.0936. The summed E-state index contributed by atoms with van der Waals surface area (Å²) in [6, 6.07) is 14.4. The molecule has 0 atom stereocenters. The monoisotopic (exact) mass is 486 g/mol. The summed E-state index contributed by atoms with van der Waals surface area (Å²) in [5.74, 6) is 1.96. The van der Waals surface area contributed by atoms with E-state index < -0.39 is 5.60 Å². The molecule has 6 nitrogen and oxygen atoms in total. The average molecular weight is 487 g/mol. The molecule has 0 radical (unpaired) electrons. The van der Waals surface area contributed by atoms with Crippen molar-refractivity contribution < 1.29 is 18.7 Å². The van der Waals surface area contributed by atoms with Gasteiger partial charge in [0.25, 0.3) is 0 Å². The van der Waals surface area contributed by atoms with Crippen molar-refractivity contribution >= 4 is 27.7 Å². The predicted molar refractivity (Wildman–Crippen MR) is 142 cm³/mol. The molecule has 0 bridgehead atoms. The smallest absolute Gasteiger partial charge is 0.306 e. The van der Waals surface area contributed by atoms with Crippen molar-refractivity contribution in [1.29, 1.82) is 0 Å². The summed E-state index contributed by atoms with van der Waals surface area (Å²) in [5.41, 5.74) is 2.55. The minimum atomic E-state index is -0.429. The molecule has 2 aromatic carbocycles. The van der Waals surface area contributed by atoms with Crippen LogP contribution >= 0.6 is 0 Å². The van der Waals surface area contributed by atoms with E-state index in [1.807, 2.05) is 51.4 Å². The third-order valence-electron chi connectivity index (χ3n) is 6.83. The molecule has 0 amide bonds. The summed E-state index contributed by atoms with van der Waals surface area (Å²) in [6.07, 6.45) is 6.22. The Morgan fingerprint density at radius 2 is 1.86 bits per heavy atom. The van der Waals surface area contributed by atoms with Gasteiger partial charge >= 0.3 is 5.97 Å². The predicted octanol–water partition coefficient (Wildman–Crippen LogP) is 6.60. The number of carbonyl (C=O) groups is 1. The number of likely N-dealkylation sites (tertiary alicyclic amines) is 1. The molecule has 0 aliphatic carbocycles. The zero-order valence-corrected chi connectivity index (χ0v) is 21.5. The standard InChI is InChI=1S/C30H34N2O4/c1-30(2,3)36-29(33)13-20-9-11-32(12-10-20)19-23-14-24-22(16-27(23)34-4)17-31-18-25(24)28-15-21-7-5-6-8-26(21)35-28/h5-8,14-18,20H,9-13,19H2,1-4H3. The molecule has 1 aliphatic rings. The Morgan fingerprint density at radius 1 is 1.08 bits per heavy atom. The molecule has 1 aliphatic heterocycles. The minimum Gasteiger partial charge on any atom is -0.496 e. The number of furan rings is 1. The molecule has 3 heterocycles. The number of piperidine rings is 1. The highest BCUT2D eigenvalue weighted by Crippen LogP contribution is 2.36. The van der Waals surface area contributed by atoms with Crippen LogP contribution < -0.4 is 4.74 Å². The van der Waals surface area contributed by atoms with Crippen LogP contribution in [0.1, 0.15) is 45.6 Å². The SMILES string of the molecule is COc1cc2cncc(-c3cc4ccccc4o3)c2cc1CN1CCC(CC(=O)OC(C)(C)C)CC1. The summed E-state index contributed by atoms with van der Waals surface area (Å²) in [4.78, 5) is 19.2. The maximum absolute atomic E-state index is 12.2. The number of nitrogens with zero attached hydrogens (tertiary/aromatic N) is 2. The van der Waals surface area contributed by atoms with Crippen molar-refractivity contribution in [3.63, 3.8) is 0 Å². The lowest BCUT2D eigenvalue weighted by Crippen LogP contribution is -2.35. The molecule has 0 unspecified atom stereocenters. The van der Waals surface area contributed by atoms with E-state index in [4.69, 9.17) is 13.9 Å². The second-order valence-electron chi connectivity index (χ2n) is 10.7. The third kappa shape index (κ3) is 5.39. The van der Waals surface area contributed by atoms with E-state index in [1.165, 1.54) is 0 Å². The second-order valence-corrected chi connectivity index (χ2v) is 10.7. The van der Waals surface area contributed by atoms with E-state index >= 15 is 0 Å². The van der Waals surface area contributed by atoms with Gasteiger partial charge in [0.1, 0.15) is 22.7 Å². The van der Waals surface area contributed by atoms with Gasteiger partial charge in [-0.3, -0.25) is 14.7 Å². The molecule has 2 aromatic heterocycles. The molecule has 0 spiro atoms. The Morgan fingerprint density at radius 3 is 2.58 bits per heavy atom. The van der Waals surface area contributed by atoms with Crippen LogP contribution in [0.25, 0.3) is 33.1 Å². The van der Waals surface area contributed by atoms with Crippen molar-refractivity contribution in [2.75, 3.05) is 20.2 Å². The first-order chi connectivity index (χ1) is 17.3. The van der Waals surface area contributed by atoms with Gasteiger partial charge in [0.15, 0.2) is 0 Å². The molecule has 6 heteroatoms. The Labute approximate surface area is 212 Å². The molecule has 0 saturated carbocycles. The van der Waals surface area contributed by atoms with E-state index in [0.29, 0.717) is 12.3 Å². The summed E-state index contributed by atoms with van der Waals surface area (Å²) in [5, 5.41) is 3.19. The summed E-state index contributed by atoms with van der Waals surface area (Å²) >= 11 is 0. The summed E-state index contributed by atoms with van der Waals surface area (Å²) in [6.45, 7) is 8.43. The number of para-hydroxylation sites is 1. The maximum atomic E-state index is 12.2. The van der Waals surface area contributed by atoms with Crippen LogP contribution in [0.5, 0.6) is 5.75 Å². The van der Waals surface area contributed by atoms with Gasteiger partial charge in [-0.15, -0.1) is 0 Å². The largest absolute Gasteiger partial charge is 0.496 e. The fraction of sp³-hybridized carbons (Fsp3) is 0.400. The fourth-order valence-electron chi connectivity index (χ4n) is 5.08. The quantitative estimate of drug-likeness (QED) is 0.286. The van der Waals surface area contributed by atoms with Crippen LogP contribution in [-0.2, 0) is 16.1 Å². The number of aromatic nitrogens is 1. The number of ether oxygens (including phenoxy) is 2. The van der Waals surface area contributed by atoms with Crippen LogP contribution in [-0.4, -0.2) is 41.7 Å². The zero-order valence-electron chi connectivity index (χ0n) is 21.5. The molecule has 36 heavy (non-hydrogen) atoms. The van der Waals surface area contributed by atoms with Gasteiger partial charge in [-0.05, 0) is 82.3 Å². The van der Waals surface area contributed by atoms with E-state index in [1.54, 1.807) is 7.11 Å². The van der Waals surface area contributed by atoms with E-state index in [9.17, 15) is 4.79 Å². The lowest BCUT2D eigenvalue weighted by Gasteiger charge is -2.32. The van der Waals surface area contributed by atoms with Crippen LogP contribution in [0.3, 0.4) is 0 Å². The Kier molecular flexibility index (Phi) is 6.71. The zero-order chi connectivity index (χ0) is 25.3. The Balaban J connectivity index is 1.34. The Hall–Kier alpha value is -3.38. The molecular weight excluding hydrogens is 452 g/mol. The normalized spacial score (nSPS) is 15.4. The highest BCUT2D eigenvalue weighted by Gasteiger charge is 2.25. The van der Waals surface area contributed by atoms with E-state index in [-0.39, 0.29) is 5.97 Å². The molecule has 0 N–H and O–H groups in total. The highest BCUT2D eigenvalue weighted by atomic mass is 16.6. The van der Waals surface area contributed by atoms with Gasteiger partial charge in [-0.25, -0.2) is 0 Å². The fourth-order valence-corrected chi connectivity index (χ4v) is 5.08. The lowest BCUT2D eigenvalue weighted by atomic mass is 9.93. The molecule has 5 rings (SSSR count). The molecule has 188 valence electrons. The average Bonchev–Trinajstić information content (AvgIpc) is 3.27. The van der Waals surface area contributed by atoms with Crippen molar-refractivity contribution in [2.24, 2.45) is 5.92 Å². The molecular formula is C30H34N2O4. The number of fused-ring (bicyclic) bond motifs is 2. The number of methoxy groups -OCH3 is 1. The maximum Gasteiger partial charge on any atom is 0.306 e. The first kappa shape index (κ1) is 24.3. The van der Waals surface area contributed by atoms with Gasteiger partial charge in [-0.1, -0.05) is 18.2 Å². The van der Waals surface area contributed by atoms with Gasteiger partial charge in [0.2, 0.25) is 0 Å². The number of carbonyl (C=O) groups excluding carboxylic acids is 1. The van der Waals surface area contributed by atoms with Crippen LogP contribution in [0.15, 0.2) is 59.3 Å². The highest BCUT2D eigenvalue weighted by molar-refractivity contribution is 5.98. The van der Waals surface area contributed by atoms with Crippen molar-refractivity contribution in [3.8, 4) is 17.1 Å². The van der Waals surface area contributed by atoms with Gasteiger partial charge < -0.3 is 13.9 Å². The number of esters is 1. The number of hydrogen-bond donors (Lipinski definition) is 0. The van der Waals surface area contributed by atoms with Crippen molar-refractivity contribution in [3.05, 3.63) is 60.4 Å². The molecule has 4 aromatic rings. The van der Waals surface area contributed by atoms with Crippen LogP contribution in [0.4, 0.5) is 0 Å². The summed E-state index contributed by atoms with van der Waals surface area (Å²) in [7, 11) is 1.72. The van der Waals surface area contributed by atoms with Crippen molar-refractivity contribution in [2.45, 2.75) is 52.2 Å². The van der Waals surface area contributed by atoms with Crippen LogP contribution in [0.2, 0.25) is 0 Å². The number of rotatable bonds is 6. The van der Waals surface area contributed by atoms with E-state index in [0.717, 1.165) is 76.9 Å². The second kappa shape index (κ2) is 9.94. The van der Waals surface area contributed by atoms with Crippen LogP contribution in [0, 0.1) is 5.92 Å². The third-order valence-corrected chi connectivity index (χ3v) is 6.83. The molecule has 1 saturated heterocycles. The topological polar surface area (TPSA) is 64.8 Å². The Bertz CT molecular complexity index is 1340. The van der Waals surface area contributed by atoms with Gasteiger partial charge in [0, 0.05) is 47.3 Å². The first-order valence-electron chi connectivity index (χ1n) is 12.7. The number of hydrogen-bond acceptors (Lipinski definition) is 6. The molecule has 1 fully saturated rings. The summed E-state index contributed by atoms with van der Waals surface area (Å²) < 4.78 is 17.5. The van der Waals surface area contributed by atoms with Crippen molar-refractivity contribution in [1.82, 2.24) is 9.88 Å². The van der Waals surface area contributed by atoms with Gasteiger partial charge in [0.05, 0.1) is 7.11 Å². The number of benzene rings is 2. The van der Waals surface area contributed by atoms with Gasteiger partial charge in [-0.2, -0.15) is 0 Å².